The standard InChI is InChI=1S/C22H19N3O5/c1-29-21-5-3-2-4-20(21)22(26)24-23-14-16-8-12-19(13-9-16)30-15-17-6-10-18(11-7-17)25(27)28/h2-14H,15H2,1H3,(H,24,26). The third kappa shape index (κ3) is 5.41. The molecule has 30 heavy (non-hydrogen) atoms. The molecule has 0 saturated carbocycles. The Morgan fingerprint density at radius 3 is 2.43 bits per heavy atom. The summed E-state index contributed by atoms with van der Waals surface area (Å²) >= 11 is 0. The number of non-ortho nitro benzene ring substituents is 1. The lowest BCUT2D eigenvalue weighted by Gasteiger charge is -2.07. The van der Waals surface area contributed by atoms with Gasteiger partial charge in [0.05, 0.1) is 23.8 Å². The maximum Gasteiger partial charge on any atom is 0.275 e. The van der Waals surface area contributed by atoms with Crippen LogP contribution in [0.3, 0.4) is 0 Å². The van der Waals surface area contributed by atoms with Crippen LogP contribution < -0.4 is 14.9 Å². The van der Waals surface area contributed by atoms with Gasteiger partial charge >= 0.3 is 0 Å². The molecule has 0 aliphatic carbocycles. The summed E-state index contributed by atoms with van der Waals surface area (Å²) in [6, 6.07) is 20.2. The van der Waals surface area contributed by atoms with E-state index in [-0.39, 0.29) is 11.6 Å². The summed E-state index contributed by atoms with van der Waals surface area (Å²) in [5.74, 6) is 0.745. The number of carbonyl (C=O) groups excluding carboxylic acids is 1. The molecule has 0 unspecified atom stereocenters. The fraction of sp³-hybridized carbons (Fsp3) is 0.0909. The normalized spacial score (nSPS) is 10.6. The van der Waals surface area contributed by atoms with Crippen molar-refractivity contribution in [3.63, 3.8) is 0 Å². The number of nitro benzene ring substituents is 1. The van der Waals surface area contributed by atoms with Gasteiger partial charge < -0.3 is 9.47 Å². The number of hydrazone groups is 1. The van der Waals surface area contributed by atoms with Crippen LogP contribution in [0.5, 0.6) is 11.5 Å². The fourth-order valence-electron chi connectivity index (χ4n) is 2.59. The van der Waals surface area contributed by atoms with Crippen molar-refractivity contribution in [3.05, 3.63) is 99.6 Å². The van der Waals surface area contributed by atoms with Crippen molar-refractivity contribution in [2.75, 3.05) is 7.11 Å². The SMILES string of the molecule is COc1ccccc1C(=O)NN=Cc1ccc(OCc2ccc([N+](=O)[O-])cc2)cc1. The first-order valence-corrected chi connectivity index (χ1v) is 8.99. The number of hydrogen-bond donors (Lipinski definition) is 1. The average molecular weight is 405 g/mol. The number of carbonyl (C=O) groups is 1. The number of hydrogen-bond acceptors (Lipinski definition) is 6. The zero-order valence-electron chi connectivity index (χ0n) is 16.1. The minimum atomic E-state index is -0.441. The highest BCUT2D eigenvalue weighted by Crippen LogP contribution is 2.17. The van der Waals surface area contributed by atoms with E-state index in [9.17, 15) is 14.9 Å². The van der Waals surface area contributed by atoms with Crippen LogP contribution in [0, 0.1) is 10.1 Å². The van der Waals surface area contributed by atoms with Gasteiger partial charge in [0.15, 0.2) is 0 Å². The number of nitrogens with zero attached hydrogens (tertiary/aromatic N) is 2. The number of benzene rings is 3. The van der Waals surface area contributed by atoms with Crippen LogP contribution in [0.1, 0.15) is 21.5 Å². The Morgan fingerprint density at radius 1 is 1.07 bits per heavy atom. The van der Waals surface area contributed by atoms with E-state index in [0.717, 1.165) is 11.1 Å². The second-order valence-corrected chi connectivity index (χ2v) is 6.18. The van der Waals surface area contributed by atoms with Crippen molar-refractivity contribution >= 4 is 17.8 Å². The summed E-state index contributed by atoms with van der Waals surface area (Å²) in [7, 11) is 1.50. The lowest BCUT2D eigenvalue weighted by molar-refractivity contribution is -0.384. The molecule has 1 amide bonds. The largest absolute Gasteiger partial charge is 0.496 e. The summed E-state index contributed by atoms with van der Waals surface area (Å²) in [5, 5.41) is 14.6. The zero-order valence-corrected chi connectivity index (χ0v) is 16.1. The molecule has 3 rings (SSSR count). The van der Waals surface area contributed by atoms with Gasteiger partial charge in [-0.15, -0.1) is 0 Å². The number of ether oxygens (including phenoxy) is 2. The van der Waals surface area contributed by atoms with Crippen molar-refractivity contribution in [1.29, 1.82) is 0 Å². The Bertz CT molecular complexity index is 1050. The molecular formula is C22H19N3O5. The molecule has 8 nitrogen and oxygen atoms in total. The predicted octanol–water partition coefficient (Wildman–Crippen LogP) is 3.95. The third-order valence-corrected chi connectivity index (χ3v) is 4.16. The van der Waals surface area contributed by atoms with Crippen LogP contribution in [0.15, 0.2) is 77.9 Å². The van der Waals surface area contributed by atoms with Gasteiger partial charge in [-0.1, -0.05) is 12.1 Å². The van der Waals surface area contributed by atoms with Gasteiger partial charge in [0.2, 0.25) is 0 Å². The minimum absolute atomic E-state index is 0.0418. The molecular weight excluding hydrogens is 386 g/mol. The number of rotatable bonds is 8. The van der Waals surface area contributed by atoms with Crippen LogP contribution in [-0.4, -0.2) is 24.2 Å². The lowest BCUT2D eigenvalue weighted by atomic mass is 10.2. The van der Waals surface area contributed by atoms with Gasteiger partial charge in [0, 0.05) is 12.1 Å². The molecule has 0 aromatic heterocycles. The van der Waals surface area contributed by atoms with Crippen molar-refractivity contribution in [1.82, 2.24) is 5.43 Å². The van der Waals surface area contributed by atoms with E-state index in [2.05, 4.69) is 10.5 Å². The molecule has 8 heteroatoms. The first-order chi connectivity index (χ1) is 14.6. The van der Waals surface area contributed by atoms with Crippen molar-refractivity contribution in [2.24, 2.45) is 5.10 Å². The first kappa shape index (κ1) is 20.5. The van der Waals surface area contributed by atoms with Gasteiger partial charge in [-0.25, -0.2) is 5.43 Å². The molecule has 0 saturated heterocycles. The quantitative estimate of drug-likeness (QED) is 0.347. The first-order valence-electron chi connectivity index (χ1n) is 8.99. The Balaban J connectivity index is 1.52. The fourth-order valence-corrected chi connectivity index (χ4v) is 2.59. The summed E-state index contributed by atoms with van der Waals surface area (Å²) in [6.45, 7) is 0.292. The van der Waals surface area contributed by atoms with Crippen LogP contribution in [0.25, 0.3) is 0 Å². The highest BCUT2D eigenvalue weighted by atomic mass is 16.6. The summed E-state index contributed by atoms with van der Waals surface area (Å²) in [4.78, 5) is 22.4. The van der Waals surface area contributed by atoms with Crippen molar-refractivity contribution in [2.45, 2.75) is 6.61 Å². The zero-order chi connectivity index (χ0) is 21.3. The predicted molar refractivity (Wildman–Crippen MR) is 112 cm³/mol. The molecule has 152 valence electrons. The Kier molecular flexibility index (Phi) is 6.73. The monoisotopic (exact) mass is 405 g/mol. The van der Waals surface area contributed by atoms with E-state index in [1.165, 1.54) is 25.5 Å². The second-order valence-electron chi connectivity index (χ2n) is 6.18. The summed E-state index contributed by atoms with van der Waals surface area (Å²) in [5.41, 5.74) is 4.50. The topological polar surface area (TPSA) is 103 Å². The van der Waals surface area contributed by atoms with Crippen molar-refractivity contribution < 1.29 is 19.2 Å². The summed E-state index contributed by atoms with van der Waals surface area (Å²) < 4.78 is 10.8. The molecule has 1 N–H and O–H groups in total. The lowest BCUT2D eigenvalue weighted by Crippen LogP contribution is -2.18. The maximum atomic E-state index is 12.2. The van der Waals surface area contributed by atoms with Gasteiger partial charge in [0.25, 0.3) is 11.6 Å². The summed E-state index contributed by atoms with van der Waals surface area (Å²) in [6.07, 6.45) is 1.52. The van der Waals surface area contributed by atoms with Crippen LogP contribution in [-0.2, 0) is 6.61 Å². The molecule has 0 atom stereocenters. The third-order valence-electron chi connectivity index (χ3n) is 4.16. The van der Waals surface area contributed by atoms with E-state index >= 15 is 0 Å². The molecule has 3 aromatic carbocycles. The smallest absolute Gasteiger partial charge is 0.275 e. The van der Waals surface area contributed by atoms with Gasteiger partial charge in [-0.05, 0) is 59.7 Å². The highest BCUT2D eigenvalue weighted by molar-refractivity contribution is 5.97. The number of methoxy groups -OCH3 is 1. The van der Waals surface area contributed by atoms with Gasteiger partial charge in [-0.3, -0.25) is 14.9 Å². The van der Waals surface area contributed by atoms with Gasteiger partial charge in [0.1, 0.15) is 18.1 Å². The molecule has 3 aromatic rings. The molecule has 0 heterocycles. The van der Waals surface area contributed by atoms with Crippen LogP contribution in [0.4, 0.5) is 5.69 Å². The van der Waals surface area contributed by atoms with Gasteiger partial charge in [-0.2, -0.15) is 5.10 Å². The number of amides is 1. The van der Waals surface area contributed by atoms with E-state index in [1.54, 1.807) is 60.7 Å². The molecule has 0 aliphatic rings. The van der Waals surface area contributed by atoms with E-state index in [4.69, 9.17) is 9.47 Å². The van der Waals surface area contributed by atoms with E-state index in [1.807, 2.05) is 0 Å². The number of nitrogens with one attached hydrogen (secondary N) is 1. The minimum Gasteiger partial charge on any atom is -0.496 e. The molecule has 0 bridgehead atoms. The highest BCUT2D eigenvalue weighted by Gasteiger charge is 2.10. The molecule has 0 fully saturated rings. The Morgan fingerprint density at radius 2 is 1.77 bits per heavy atom. The average Bonchev–Trinajstić information content (AvgIpc) is 2.78. The Hall–Kier alpha value is -4.20. The van der Waals surface area contributed by atoms with Crippen molar-refractivity contribution in [3.8, 4) is 11.5 Å². The Labute approximate surface area is 172 Å². The molecule has 0 spiro atoms. The van der Waals surface area contributed by atoms with Crippen LogP contribution >= 0.6 is 0 Å². The number of nitro groups is 1. The maximum absolute atomic E-state index is 12.2. The molecule has 0 aliphatic heterocycles. The van der Waals surface area contributed by atoms with Crippen LogP contribution in [0.2, 0.25) is 0 Å². The molecule has 0 radical (unpaired) electrons. The van der Waals surface area contributed by atoms with E-state index in [0.29, 0.717) is 23.7 Å². The van der Waals surface area contributed by atoms with E-state index < -0.39 is 4.92 Å². The second kappa shape index (κ2) is 9.83. The number of para-hydroxylation sites is 1.